The Labute approximate surface area is 212 Å². The van der Waals surface area contributed by atoms with E-state index in [4.69, 9.17) is 19.3 Å². The molecule has 2 aromatic rings. The SMILES string of the molecule is CCOC(=O)[C@H]1CCCN(CC(=O)N2N=C(c3ccc(OC)cc3OC)C[C@@H]2c2ccccc2C)C1. The predicted molar refractivity (Wildman–Crippen MR) is 137 cm³/mol. The van der Waals surface area contributed by atoms with Crippen molar-refractivity contribution in [1.29, 1.82) is 0 Å². The molecule has 0 spiro atoms. The van der Waals surface area contributed by atoms with Gasteiger partial charge in [-0.2, -0.15) is 5.10 Å². The molecule has 0 N–H and O–H groups in total. The van der Waals surface area contributed by atoms with Gasteiger partial charge in [0, 0.05) is 24.6 Å². The average Bonchev–Trinajstić information content (AvgIpc) is 3.34. The van der Waals surface area contributed by atoms with Gasteiger partial charge in [0.1, 0.15) is 11.5 Å². The Bertz CT molecular complexity index is 1130. The molecular formula is C28H35N3O5. The number of hydrazone groups is 1. The number of hydrogen-bond donors (Lipinski definition) is 0. The summed E-state index contributed by atoms with van der Waals surface area (Å²) >= 11 is 0. The molecule has 2 heterocycles. The highest BCUT2D eigenvalue weighted by molar-refractivity contribution is 6.05. The number of nitrogens with zero attached hydrogens (tertiary/aromatic N) is 3. The number of amides is 1. The maximum atomic E-state index is 13.7. The number of aryl methyl sites for hydroxylation is 1. The van der Waals surface area contributed by atoms with Crippen LogP contribution in [0.15, 0.2) is 47.6 Å². The van der Waals surface area contributed by atoms with Crippen LogP contribution in [0.5, 0.6) is 11.5 Å². The van der Waals surface area contributed by atoms with E-state index in [-0.39, 0.29) is 30.4 Å². The lowest BCUT2D eigenvalue weighted by molar-refractivity contribution is -0.150. The minimum absolute atomic E-state index is 0.0877. The molecule has 0 aliphatic carbocycles. The molecule has 2 atom stereocenters. The van der Waals surface area contributed by atoms with Crippen LogP contribution < -0.4 is 9.47 Å². The quantitative estimate of drug-likeness (QED) is 0.518. The van der Waals surface area contributed by atoms with Crippen LogP contribution in [0.2, 0.25) is 0 Å². The Hall–Kier alpha value is -3.39. The topological polar surface area (TPSA) is 80.7 Å². The normalized spacial score (nSPS) is 20.1. The summed E-state index contributed by atoms with van der Waals surface area (Å²) in [6.45, 7) is 5.73. The summed E-state index contributed by atoms with van der Waals surface area (Å²) in [4.78, 5) is 28.0. The van der Waals surface area contributed by atoms with Crippen molar-refractivity contribution < 1.29 is 23.8 Å². The largest absolute Gasteiger partial charge is 0.497 e. The van der Waals surface area contributed by atoms with E-state index in [1.165, 1.54) is 0 Å². The molecule has 1 saturated heterocycles. The third kappa shape index (κ3) is 5.54. The standard InChI is InChI=1S/C28H35N3O5/c1-5-36-28(33)20-10-8-14-30(17-20)18-27(32)31-25(22-11-7-6-9-19(22)2)16-24(29-31)23-13-12-21(34-3)15-26(23)35-4/h6-7,9,11-13,15,20,25H,5,8,10,14,16-18H2,1-4H3/t20-,25+/m0/s1. The number of benzene rings is 2. The Balaban J connectivity index is 1.60. The van der Waals surface area contributed by atoms with E-state index in [1.807, 2.05) is 42.2 Å². The molecule has 2 aromatic carbocycles. The van der Waals surface area contributed by atoms with Crippen molar-refractivity contribution in [2.75, 3.05) is 40.5 Å². The van der Waals surface area contributed by atoms with Crippen LogP contribution in [-0.4, -0.2) is 68.0 Å². The van der Waals surface area contributed by atoms with Crippen molar-refractivity contribution in [3.05, 3.63) is 59.2 Å². The molecule has 0 unspecified atom stereocenters. The van der Waals surface area contributed by atoms with Crippen molar-refractivity contribution in [3.63, 3.8) is 0 Å². The van der Waals surface area contributed by atoms with E-state index in [9.17, 15) is 9.59 Å². The lowest BCUT2D eigenvalue weighted by Gasteiger charge is -2.32. The molecule has 8 nitrogen and oxygen atoms in total. The highest BCUT2D eigenvalue weighted by atomic mass is 16.5. The first-order valence-electron chi connectivity index (χ1n) is 12.5. The zero-order valence-corrected chi connectivity index (χ0v) is 21.5. The Morgan fingerprint density at radius 1 is 1.11 bits per heavy atom. The molecule has 1 amide bonds. The molecule has 0 aromatic heterocycles. The van der Waals surface area contributed by atoms with Gasteiger partial charge in [0.25, 0.3) is 5.91 Å². The molecule has 2 aliphatic heterocycles. The number of rotatable bonds is 8. The summed E-state index contributed by atoms with van der Waals surface area (Å²) in [6, 6.07) is 13.5. The molecule has 0 saturated carbocycles. The number of methoxy groups -OCH3 is 2. The Kier molecular flexibility index (Phi) is 8.25. The number of carbonyl (C=O) groups is 2. The molecule has 192 valence electrons. The molecular weight excluding hydrogens is 458 g/mol. The summed E-state index contributed by atoms with van der Waals surface area (Å²) in [5.41, 5.74) is 3.81. The molecule has 36 heavy (non-hydrogen) atoms. The monoisotopic (exact) mass is 493 g/mol. The van der Waals surface area contributed by atoms with Crippen LogP contribution >= 0.6 is 0 Å². The highest BCUT2D eigenvalue weighted by Gasteiger charge is 2.36. The Morgan fingerprint density at radius 2 is 1.92 bits per heavy atom. The zero-order chi connectivity index (χ0) is 25.7. The van der Waals surface area contributed by atoms with Gasteiger partial charge in [0.05, 0.1) is 45.0 Å². The summed E-state index contributed by atoms with van der Waals surface area (Å²) in [5.74, 6) is 0.883. The molecule has 2 aliphatic rings. The number of carbonyl (C=O) groups excluding carboxylic acids is 2. The number of piperidine rings is 1. The van der Waals surface area contributed by atoms with Gasteiger partial charge < -0.3 is 14.2 Å². The third-order valence-electron chi connectivity index (χ3n) is 6.92. The van der Waals surface area contributed by atoms with Crippen molar-refractivity contribution >= 4 is 17.6 Å². The first-order chi connectivity index (χ1) is 17.4. The lowest BCUT2D eigenvalue weighted by atomic mass is 9.94. The van der Waals surface area contributed by atoms with Crippen LogP contribution in [0.3, 0.4) is 0 Å². The number of hydrogen-bond acceptors (Lipinski definition) is 7. The van der Waals surface area contributed by atoms with Crippen molar-refractivity contribution in [2.24, 2.45) is 11.0 Å². The fourth-order valence-electron chi connectivity index (χ4n) is 5.06. The van der Waals surface area contributed by atoms with Crippen LogP contribution in [0, 0.1) is 12.8 Å². The molecule has 1 fully saturated rings. The fraction of sp³-hybridized carbons (Fsp3) is 0.464. The van der Waals surface area contributed by atoms with E-state index in [0.29, 0.717) is 31.1 Å². The van der Waals surface area contributed by atoms with Crippen LogP contribution in [-0.2, 0) is 14.3 Å². The fourth-order valence-corrected chi connectivity index (χ4v) is 5.06. The lowest BCUT2D eigenvalue weighted by Crippen LogP contribution is -2.44. The Morgan fingerprint density at radius 3 is 2.64 bits per heavy atom. The molecule has 0 bridgehead atoms. The highest BCUT2D eigenvalue weighted by Crippen LogP contribution is 2.37. The second-order valence-electron chi connectivity index (χ2n) is 9.25. The first kappa shape index (κ1) is 25.7. The maximum absolute atomic E-state index is 13.7. The van der Waals surface area contributed by atoms with Gasteiger partial charge in [0.2, 0.25) is 0 Å². The van der Waals surface area contributed by atoms with E-state index in [2.05, 4.69) is 19.1 Å². The van der Waals surface area contributed by atoms with Crippen LogP contribution in [0.25, 0.3) is 0 Å². The predicted octanol–water partition coefficient (Wildman–Crippen LogP) is 3.97. The van der Waals surface area contributed by atoms with Gasteiger partial charge in [-0.05, 0) is 56.5 Å². The first-order valence-corrected chi connectivity index (χ1v) is 12.5. The van der Waals surface area contributed by atoms with Crippen molar-refractivity contribution in [2.45, 2.75) is 39.2 Å². The maximum Gasteiger partial charge on any atom is 0.310 e. The minimum atomic E-state index is -0.217. The second-order valence-corrected chi connectivity index (χ2v) is 9.25. The number of ether oxygens (including phenoxy) is 3. The minimum Gasteiger partial charge on any atom is -0.497 e. The van der Waals surface area contributed by atoms with Crippen molar-refractivity contribution in [3.8, 4) is 11.5 Å². The van der Waals surface area contributed by atoms with Gasteiger partial charge in [-0.1, -0.05) is 24.3 Å². The summed E-state index contributed by atoms with van der Waals surface area (Å²) < 4.78 is 16.2. The molecule has 8 heteroatoms. The van der Waals surface area contributed by atoms with E-state index in [0.717, 1.165) is 41.8 Å². The van der Waals surface area contributed by atoms with Gasteiger partial charge in [-0.3, -0.25) is 14.5 Å². The van der Waals surface area contributed by atoms with Crippen molar-refractivity contribution in [1.82, 2.24) is 9.91 Å². The third-order valence-corrected chi connectivity index (χ3v) is 6.92. The van der Waals surface area contributed by atoms with Gasteiger partial charge in [-0.15, -0.1) is 0 Å². The average molecular weight is 494 g/mol. The van der Waals surface area contributed by atoms with Crippen LogP contribution in [0.1, 0.15) is 48.9 Å². The van der Waals surface area contributed by atoms with E-state index >= 15 is 0 Å². The van der Waals surface area contributed by atoms with E-state index in [1.54, 1.807) is 19.2 Å². The molecule has 4 rings (SSSR count). The van der Waals surface area contributed by atoms with Crippen LogP contribution in [0.4, 0.5) is 0 Å². The summed E-state index contributed by atoms with van der Waals surface area (Å²) in [6.07, 6.45) is 2.22. The number of esters is 1. The van der Waals surface area contributed by atoms with E-state index < -0.39 is 0 Å². The summed E-state index contributed by atoms with van der Waals surface area (Å²) in [5, 5.41) is 6.45. The number of likely N-dealkylation sites (tertiary alicyclic amines) is 1. The summed E-state index contributed by atoms with van der Waals surface area (Å²) in [7, 11) is 3.23. The smallest absolute Gasteiger partial charge is 0.310 e. The second kappa shape index (κ2) is 11.6. The molecule has 0 radical (unpaired) electrons. The van der Waals surface area contributed by atoms with Gasteiger partial charge in [-0.25, -0.2) is 5.01 Å². The van der Waals surface area contributed by atoms with Gasteiger partial charge >= 0.3 is 5.97 Å². The van der Waals surface area contributed by atoms with Gasteiger partial charge in [0.15, 0.2) is 0 Å². The zero-order valence-electron chi connectivity index (χ0n) is 21.5.